The third-order valence-corrected chi connectivity index (χ3v) is 6.05. The highest BCUT2D eigenvalue weighted by molar-refractivity contribution is 8.00. The summed E-state index contributed by atoms with van der Waals surface area (Å²) in [4.78, 5) is 22.6. The van der Waals surface area contributed by atoms with Gasteiger partial charge in [-0.25, -0.2) is 0 Å². The van der Waals surface area contributed by atoms with Gasteiger partial charge in [-0.3, -0.25) is 9.59 Å². The molecule has 0 amide bonds. The summed E-state index contributed by atoms with van der Waals surface area (Å²) in [5.41, 5.74) is 0. The molecule has 2 rings (SSSR count). The highest BCUT2D eigenvalue weighted by Crippen LogP contribution is 2.40. The summed E-state index contributed by atoms with van der Waals surface area (Å²) < 4.78 is 11.1. The summed E-state index contributed by atoms with van der Waals surface area (Å²) in [6.07, 6.45) is 8.67. The molecule has 0 aliphatic carbocycles. The summed E-state index contributed by atoms with van der Waals surface area (Å²) in [6, 6.07) is 0. The Morgan fingerprint density at radius 3 is 1.90 bits per heavy atom. The van der Waals surface area contributed by atoms with E-state index in [9.17, 15) is 9.59 Å². The van der Waals surface area contributed by atoms with Gasteiger partial charge in [0.1, 0.15) is 12.2 Å². The SMILES string of the molecule is CC(=O)OC1CCC2SC1CCCCCCC2OC(C)=O. The lowest BCUT2D eigenvalue weighted by Gasteiger charge is -2.38. The number of carbonyl (C=O) groups excluding carboxylic acids is 2. The van der Waals surface area contributed by atoms with Gasteiger partial charge in [0.2, 0.25) is 0 Å². The van der Waals surface area contributed by atoms with Crippen LogP contribution in [0.2, 0.25) is 0 Å². The molecule has 0 aromatic rings. The van der Waals surface area contributed by atoms with Crippen LogP contribution in [0.25, 0.3) is 0 Å². The second-order valence-corrected chi connectivity index (χ2v) is 7.56. The zero-order chi connectivity index (χ0) is 15.2. The molecule has 2 bridgehead atoms. The Labute approximate surface area is 131 Å². The van der Waals surface area contributed by atoms with E-state index in [1.807, 2.05) is 11.8 Å². The second kappa shape index (κ2) is 8.06. The number of esters is 2. The van der Waals surface area contributed by atoms with Crippen molar-refractivity contribution in [3.05, 3.63) is 0 Å². The van der Waals surface area contributed by atoms with E-state index in [-0.39, 0.29) is 24.1 Å². The molecule has 0 saturated carbocycles. The van der Waals surface area contributed by atoms with E-state index in [1.54, 1.807) is 0 Å². The number of hydrogen-bond acceptors (Lipinski definition) is 5. The summed E-state index contributed by atoms with van der Waals surface area (Å²) in [7, 11) is 0. The van der Waals surface area contributed by atoms with Crippen molar-refractivity contribution < 1.29 is 19.1 Å². The molecule has 4 unspecified atom stereocenters. The Morgan fingerprint density at radius 1 is 0.762 bits per heavy atom. The molecule has 120 valence electrons. The summed E-state index contributed by atoms with van der Waals surface area (Å²) in [5.74, 6) is -0.371. The number of ether oxygens (including phenoxy) is 2. The van der Waals surface area contributed by atoms with Crippen molar-refractivity contribution in [2.75, 3.05) is 0 Å². The predicted molar refractivity (Wildman–Crippen MR) is 83.2 cm³/mol. The Hall–Kier alpha value is -0.710. The number of thioether (sulfide) groups is 1. The van der Waals surface area contributed by atoms with Crippen LogP contribution in [0.15, 0.2) is 0 Å². The van der Waals surface area contributed by atoms with E-state index in [0.29, 0.717) is 10.5 Å². The Balaban J connectivity index is 2.04. The molecule has 0 N–H and O–H groups in total. The van der Waals surface area contributed by atoms with E-state index in [1.165, 1.54) is 33.1 Å². The van der Waals surface area contributed by atoms with Crippen molar-refractivity contribution in [3.63, 3.8) is 0 Å². The normalized spacial score (nSPS) is 33.8. The van der Waals surface area contributed by atoms with Gasteiger partial charge in [-0.2, -0.15) is 0 Å². The van der Waals surface area contributed by atoms with Crippen LogP contribution in [-0.4, -0.2) is 34.6 Å². The highest BCUT2D eigenvalue weighted by Gasteiger charge is 2.37. The molecule has 2 aliphatic rings. The molecule has 2 saturated heterocycles. The van der Waals surface area contributed by atoms with Crippen LogP contribution < -0.4 is 0 Å². The maximum absolute atomic E-state index is 11.3. The average Bonchev–Trinajstić information content (AvgIpc) is 2.41. The molecule has 0 radical (unpaired) electrons. The van der Waals surface area contributed by atoms with Gasteiger partial charge >= 0.3 is 11.9 Å². The molecule has 0 aromatic heterocycles. The van der Waals surface area contributed by atoms with E-state index >= 15 is 0 Å². The fourth-order valence-corrected chi connectivity index (χ4v) is 5.11. The lowest BCUT2D eigenvalue weighted by Crippen LogP contribution is -2.40. The zero-order valence-electron chi connectivity index (χ0n) is 13.0. The first kappa shape index (κ1) is 16.7. The van der Waals surface area contributed by atoms with E-state index < -0.39 is 0 Å². The summed E-state index contributed by atoms with van der Waals surface area (Å²) in [5, 5.41) is 0.701. The lowest BCUT2D eigenvalue weighted by atomic mass is 9.96. The van der Waals surface area contributed by atoms with Crippen molar-refractivity contribution in [2.24, 2.45) is 0 Å². The van der Waals surface area contributed by atoms with Crippen LogP contribution in [-0.2, 0) is 19.1 Å². The first-order chi connectivity index (χ1) is 10.1. The van der Waals surface area contributed by atoms with Crippen molar-refractivity contribution in [2.45, 2.75) is 87.9 Å². The Bertz CT molecular complexity index is 371. The van der Waals surface area contributed by atoms with Crippen LogP contribution in [0.4, 0.5) is 0 Å². The standard InChI is InChI=1S/C16H26O4S/c1-11(17)19-13-7-5-3-4-6-8-15-14(20-12(2)18)9-10-16(13)21-15/h13-16H,3-10H2,1-2H3. The maximum atomic E-state index is 11.3. The molecule has 4 nitrogen and oxygen atoms in total. The third kappa shape index (κ3) is 5.20. The fourth-order valence-electron chi connectivity index (χ4n) is 3.35. The first-order valence-electron chi connectivity index (χ1n) is 8.06. The minimum Gasteiger partial charge on any atom is -0.461 e. The van der Waals surface area contributed by atoms with Crippen LogP contribution in [0.3, 0.4) is 0 Å². The summed E-state index contributed by atoms with van der Waals surface area (Å²) in [6.45, 7) is 2.98. The Kier molecular flexibility index (Phi) is 6.40. The smallest absolute Gasteiger partial charge is 0.302 e. The van der Waals surface area contributed by atoms with Crippen LogP contribution in [0, 0.1) is 0 Å². The number of hydrogen-bond donors (Lipinski definition) is 0. The maximum Gasteiger partial charge on any atom is 0.302 e. The molecule has 2 aliphatic heterocycles. The van der Waals surface area contributed by atoms with Gasteiger partial charge < -0.3 is 9.47 Å². The third-order valence-electron chi connectivity index (χ3n) is 4.28. The molecule has 21 heavy (non-hydrogen) atoms. The highest BCUT2D eigenvalue weighted by atomic mass is 32.2. The van der Waals surface area contributed by atoms with Gasteiger partial charge in [-0.05, 0) is 32.1 Å². The van der Waals surface area contributed by atoms with E-state index in [0.717, 1.165) is 32.1 Å². The number of fused-ring (bicyclic) bond motifs is 2. The summed E-state index contributed by atoms with van der Waals surface area (Å²) >= 11 is 1.88. The second-order valence-electron chi connectivity index (χ2n) is 6.08. The van der Waals surface area contributed by atoms with Crippen LogP contribution in [0.1, 0.15) is 65.2 Å². The average molecular weight is 314 g/mol. The van der Waals surface area contributed by atoms with Crippen molar-refractivity contribution in [1.29, 1.82) is 0 Å². The topological polar surface area (TPSA) is 52.6 Å². The minimum absolute atomic E-state index is 0.0198. The van der Waals surface area contributed by atoms with Gasteiger partial charge in [-0.1, -0.05) is 19.3 Å². The largest absolute Gasteiger partial charge is 0.461 e. The molecular formula is C16H26O4S. The van der Waals surface area contributed by atoms with Gasteiger partial charge in [0.05, 0.1) is 0 Å². The monoisotopic (exact) mass is 314 g/mol. The predicted octanol–water partition coefficient (Wildman–Crippen LogP) is 3.47. The zero-order valence-corrected chi connectivity index (χ0v) is 13.8. The van der Waals surface area contributed by atoms with Crippen molar-refractivity contribution in [3.8, 4) is 0 Å². The van der Waals surface area contributed by atoms with Gasteiger partial charge in [0, 0.05) is 24.3 Å². The van der Waals surface area contributed by atoms with Crippen LogP contribution in [0.5, 0.6) is 0 Å². The van der Waals surface area contributed by atoms with E-state index in [4.69, 9.17) is 9.47 Å². The van der Waals surface area contributed by atoms with Gasteiger partial charge in [0.15, 0.2) is 0 Å². The molecular weight excluding hydrogens is 288 g/mol. The first-order valence-corrected chi connectivity index (χ1v) is 9.00. The van der Waals surface area contributed by atoms with Gasteiger partial charge in [0.25, 0.3) is 0 Å². The van der Waals surface area contributed by atoms with Crippen LogP contribution >= 0.6 is 11.8 Å². The minimum atomic E-state index is -0.187. The molecule has 0 spiro atoms. The number of carbonyl (C=O) groups is 2. The molecule has 5 heteroatoms. The molecule has 4 atom stereocenters. The quantitative estimate of drug-likeness (QED) is 0.731. The fraction of sp³-hybridized carbons (Fsp3) is 0.875. The number of rotatable bonds is 2. The Morgan fingerprint density at radius 2 is 1.29 bits per heavy atom. The lowest BCUT2D eigenvalue weighted by molar-refractivity contribution is -0.147. The molecule has 2 heterocycles. The molecule has 2 fully saturated rings. The van der Waals surface area contributed by atoms with Gasteiger partial charge in [-0.15, -0.1) is 11.8 Å². The van der Waals surface area contributed by atoms with Crippen molar-refractivity contribution in [1.82, 2.24) is 0 Å². The van der Waals surface area contributed by atoms with Crippen molar-refractivity contribution >= 4 is 23.7 Å². The van der Waals surface area contributed by atoms with E-state index in [2.05, 4.69) is 0 Å². The molecule has 0 aromatic carbocycles.